The summed E-state index contributed by atoms with van der Waals surface area (Å²) >= 11 is 1.60. The maximum atomic E-state index is 12.9. The molecular formula is C27H31N7O4S. The fourth-order valence-corrected chi connectivity index (χ4v) is 6.30. The molecule has 0 spiro atoms. The monoisotopic (exact) mass is 549 g/mol. The number of aliphatic hydroxyl groups is 1. The van der Waals surface area contributed by atoms with Crippen LogP contribution < -0.4 is 4.90 Å². The van der Waals surface area contributed by atoms with Crippen molar-refractivity contribution >= 4 is 50.2 Å². The number of thiophene rings is 1. The first-order chi connectivity index (χ1) is 18.9. The van der Waals surface area contributed by atoms with E-state index in [1.165, 1.54) is 11.8 Å². The normalized spacial score (nSPS) is 17.4. The van der Waals surface area contributed by atoms with Crippen LogP contribution in [0.4, 0.5) is 5.82 Å². The highest BCUT2D eigenvalue weighted by Gasteiger charge is 2.30. The molecule has 5 heterocycles. The number of aromatic nitrogens is 4. The van der Waals surface area contributed by atoms with E-state index in [0.29, 0.717) is 38.8 Å². The number of aliphatic hydroxyl groups excluding tert-OH is 1. The number of aryl methyl sites for hydroxylation is 1. The van der Waals surface area contributed by atoms with Crippen molar-refractivity contribution < 1.29 is 19.4 Å². The third kappa shape index (κ3) is 4.83. The molecule has 2 fully saturated rings. The van der Waals surface area contributed by atoms with E-state index in [-0.39, 0.29) is 12.5 Å². The average Bonchev–Trinajstić information content (AvgIpc) is 3.54. The van der Waals surface area contributed by atoms with Gasteiger partial charge in [-0.15, -0.1) is 11.3 Å². The zero-order chi connectivity index (χ0) is 27.1. The van der Waals surface area contributed by atoms with Crippen LogP contribution in [-0.2, 0) is 27.3 Å². The van der Waals surface area contributed by atoms with Crippen LogP contribution in [0.3, 0.4) is 0 Å². The summed E-state index contributed by atoms with van der Waals surface area (Å²) in [6.45, 7) is 7.48. The van der Waals surface area contributed by atoms with Gasteiger partial charge in [0.1, 0.15) is 11.9 Å². The number of para-hydroxylation sites is 2. The van der Waals surface area contributed by atoms with E-state index < -0.39 is 12.0 Å². The Morgan fingerprint density at radius 1 is 1.10 bits per heavy atom. The predicted molar refractivity (Wildman–Crippen MR) is 148 cm³/mol. The fraction of sp³-hybridized carbons (Fsp3) is 0.444. The van der Waals surface area contributed by atoms with Gasteiger partial charge in [0.05, 0.1) is 47.6 Å². The Labute approximate surface area is 229 Å². The maximum Gasteiger partial charge on any atom is 0.251 e. The summed E-state index contributed by atoms with van der Waals surface area (Å²) < 4.78 is 8.62. The summed E-state index contributed by atoms with van der Waals surface area (Å²) in [6, 6.07) is 10.1. The summed E-state index contributed by atoms with van der Waals surface area (Å²) in [5.41, 5.74) is 2.70. The molecule has 2 amide bonds. The number of morpholine rings is 1. The Bertz CT molecular complexity index is 1540. The van der Waals surface area contributed by atoms with E-state index in [0.717, 1.165) is 57.3 Å². The van der Waals surface area contributed by atoms with Gasteiger partial charge in [0.15, 0.2) is 5.82 Å². The number of benzene rings is 1. The van der Waals surface area contributed by atoms with Gasteiger partial charge in [-0.3, -0.25) is 14.2 Å². The van der Waals surface area contributed by atoms with E-state index in [4.69, 9.17) is 19.7 Å². The van der Waals surface area contributed by atoms with Crippen molar-refractivity contribution in [2.75, 3.05) is 50.8 Å². The molecule has 0 saturated carbocycles. The quantitative estimate of drug-likeness (QED) is 0.388. The molecule has 1 aromatic carbocycles. The SMILES string of the molecule is CCc1nc2ccccc2n1-c1nc(N2CCOCC2)c2sc(CN3CCN(C(=O)[C@H](C)O)CC3=O)cc2n1. The second kappa shape index (κ2) is 10.5. The van der Waals surface area contributed by atoms with Crippen molar-refractivity contribution in [3.63, 3.8) is 0 Å². The Morgan fingerprint density at radius 2 is 1.90 bits per heavy atom. The van der Waals surface area contributed by atoms with Gasteiger partial charge in [0.25, 0.3) is 5.91 Å². The van der Waals surface area contributed by atoms with Crippen LogP contribution in [0.2, 0.25) is 0 Å². The van der Waals surface area contributed by atoms with Gasteiger partial charge in [-0.1, -0.05) is 19.1 Å². The highest BCUT2D eigenvalue weighted by atomic mass is 32.1. The number of ether oxygens (including phenoxy) is 1. The lowest BCUT2D eigenvalue weighted by Gasteiger charge is -2.34. The number of hydrogen-bond acceptors (Lipinski definition) is 9. The highest BCUT2D eigenvalue weighted by molar-refractivity contribution is 7.19. The molecule has 2 aliphatic heterocycles. The molecule has 2 saturated heterocycles. The molecule has 0 unspecified atom stereocenters. The van der Waals surface area contributed by atoms with E-state index >= 15 is 0 Å². The van der Waals surface area contributed by atoms with Crippen LogP contribution in [0.25, 0.3) is 27.2 Å². The summed E-state index contributed by atoms with van der Waals surface area (Å²) in [5.74, 6) is 1.80. The van der Waals surface area contributed by atoms with Crippen molar-refractivity contribution in [1.29, 1.82) is 0 Å². The predicted octanol–water partition coefficient (Wildman–Crippen LogP) is 1.98. The van der Waals surface area contributed by atoms with Gasteiger partial charge in [-0.05, 0) is 25.1 Å². The van der Waals surface area contributed by atoms with E-state index in [1.54, 1.807) is 16.2 Å². The molecule has 0 bridgehead atoms. The molecule has 1 atom stereocenters. The smallest absolute Gasteiger partial charge is 0.251 e. The van der Waals surface area contributed by atoms with E-state index in [2.05, 4.69) is 11.8 Å². The van der Waals surface area contributed by atoms with Gasteiger partial charge >= 0.3 is 0 Å². The van der Waals surface area contributed by atoms with E-state index in [9.17, 15) is 14.7 Å². The summed E-state index contributed by atoms with van der Waals surface area (Å²) in [7, 11) is 0. The van der Waals surface area contributed by atoms with Gasteiger partial charge in [-0.25, -0.2) is 9.97 Å². The van der Waals surface area contributed by atoms with Gasteiger partial charge < -0.3 is 24.5 Å². The Balaban J connectivity index is 1.37. The van der Waals surface area contributed by atoms with Crippen molar-refractivity contribution in [2.24, 2.45) is 0 Å². The van der Waals surface area contributed by atoms with Crippen LogP contribution in [0.5, 0.6) is 0 Å². The van der Waals surface area contributed by atoms with Crippen molar-refractivity contribution in [2.45, 2.75) is 32.9 Å². The number of amides is 2. The van der Waals surface area contributed by atoms with Crippen molar-refractivity contribution in [3.8, 4) is 5.95 Å². The van der Waals surface area contributed by atoms with Crippen LogP contribution in [-0.4, -0.2) is 98.3 Å². The third-order valence-corrected chi connectivity index (χ3v) is 8.29. The number of rotatable bonds is 6. The first-order valence-corrected chi connectivity index (χ1v) is 14.1. The first kappa shape index (κ1) is 25.7. The van der Waals surface area contributed by atoms with Crippen LogP contribution >= 0.6 is 11.3 Å². The molecule has 12 heteroatoms. The van der Waals surface area contributed by atoms with Crippen LogP contribution in [0.1, 0.15) is 24.5 Å². The Morgan fingerprint density at radius 3 is 2.64 bits per heavy atom. The fourth-order valence-electron chi connectivity index (χ4n) is 5.17. The number of fused-ring (bicyclic) bond motifs is 2. The Kier molecular flexibility index (Phi) is 6.92. The zero-order valence-corrected chi connectivity index (χ0v) is 22.9. The van der Waals surface area contributed by atoms with Crippen LogP contribution in [0.15, 0.2) is 30.3 Å². The number of nitrogens with zero attached hydrogens (tertiary/aromatic N) is 7. The topological polar surface area (TPSA) is 117 Å². The molecule has 1 N–H and O–H groups in total. The summed E-state index contributed by atoms with van der Waals surface area (Å²) in [4.78, 5) is 46.3. The van der Waals surface area contributed by atoms with Gasteiger partial charge in [0, 0.05) is 37.5 Å². The molecule has 0 aliphatic carbocycles. The highest BCUT2D eigenvalue weighted by Crippen LogP contribution is 2.35. The molecular weight excluding hydrogens is 518 g/mol. The minimum atomic E-state index is -1.11. The van der Waals surface area contributed by atoms with Crippen molar-refractivity contribution in [3.05, 3.63) is 41.0 Å². The second-order valence-corrected chi connectivity index (χ2v) is 11.0. The summed E-state index contributed by atoms with van der Waals surface area (Å²) in [6.07, 6.45) is -0.372. The molecule has 4 aromatic rings. The lowest BCUT2D eigenvalue weighted by atomic mass is 10.2. The number of carbonyl (C=O) groups excluding carboxylic acids is 2. The molecule has 3 aromatic heterocycles. The Hall–Kier alpha value is -3.61. The summed E-state index contributed by atoms with van der Waals surface area (Å²) in [5, 5.41) is 9.61. The molecule has 6 rings (SSSR count). The zero-order valence-electron chi connectivity index (χ0n) is 22.0. The molecule has 2 aliphatic rings. The standard InChI is InChI=1S/C27H31N7O4S/c1-3-22-28-19-6-4-5-7-21(19)34(22)27-29-20-14-18(39-24(20)25(30-27)31-10-12-38-13-11-31)15-32-8-9-33(16-23(32)36)26(37)17(2)35/h4-7,14,17,35H,3,8-13,15-16H2,1-2H3/t17-/m0/s1. The molecule has 0 radical (unpaired) electrons. The maximum absolute atomic E-state index is 12.9. The largest absolute Gasteiger partial charge is 0.384 e. The van der Waals surface area contributed by atoms with Crippen LogP contribution in [0, 0.1) is 0 Å². The van der Waals surface area contributed by atoms with E-state index in [1.807, 2.05) is 34.9 Å². The molecule has 11 nitrogen and oxygen atoms in total. The molecule has 39 heavy (non-hydrogen) atoms. The lowest BCUT2D eigenvalue weighted by Crippen LogP contribution is -2.53. The van der Waals surface area contributed by atoms with Crippen molar-refractivity contribution in [1.82, 2.24) is 29.3 Å². The third-order valence-electron chi connectivity index (χ3n) is 7.18. The number of hydrogen-bond donors (Lipinski definition) is 1. The van der Waals surface area contributed by atoms with Gasteiger partial charge in [-0.2, -0.15) is 4.98 Å². The lowest BCUT2D eigenvalue weighted by molar-refractivity contribution is -0.150. The average molecular weight is 550 g/mol. The minimum Gasteiger partial charge on any atom is -0.384 e. The first-order valence-electron chi connectivity index (χ1n) is 13.3. The minimum absolute atomic E-state index is 0.0227. The number of carbonyl (C=O) groups is 2. The number of anilines is 1. The molecule has 204 valence electrons. The number of piperazine rings is 1. The van der Waals surface area contributed by atoms with Gasteiger partial charge in [0.2, 0.25) is 11.9 Å². The second-order valence-electron chi connectivity index (χ2n) is 9.83. The number of imidazole rings is 1.